The predicted octanol–water partition coefficient (Wildman–Crippen LogP) is 10.4. The number of carbonyl (C=O) groups is 2. The minimum absolute atomic E-state index is 0.0345. The van der Waals surface area contributed by atoms with Crippen molar-refractivity contribution in [3.05, 3.63) is 208 Å². The molecule has 264 valence electrons. The molecule has 3 nitrogen and oxygen atoms in total. The Morgan fingerprint density at radius 3 is 1.49 bits per heavy atom. The molecule has 8 rings (SSSR count). The number of allylic oxidation sites excluding steroid dienone is 2. The van der Waals surface area contributed by atoms with Gasteiger partial charge < -0.3 is 0 Å². The zero-order valence-corrected chi connectivity index (χ0v) is 31.3. The van der Waals surface area contributed by atoms with Crippen LogP contribution >= 0.6 is 18.9 Å². The second-order valence-electron chi connectivity index (χ2n) is 14.3. The van der Waals surface area contributed by atoms with Crippen molar-refractivity contribution < 1.29 is 14.3 Å². The number of carbonyl (C=O) groups excluding carboxylic acids is 2. The normalized spacial score (nSPS) is 17.7. The molecule has 0 aliphatic heterocycles. The molecule has 2 aliphatic carbocycles. The molecule has 0 heterocycles. The van der Waals surface area contributed by atoms with E-state index >= 15 is 0 Å². The second-order valence-corrected chi connectivity index (χ2v) is 18.7. The number of Topliss-reactive ketones (excluding diaryl/α,β-unsaturated/α-hetero) is 2. The van der Waals surface area contributed by atoms with Crippen LogP contribution in [0.4, 0.5) is 0 Å². The van der Waals surface area contributed by atoms with E-state index < -0.39 is 7.26 Å². The third kappa shape index (κ3) is 7.05. The number of hydrogen-bond acceptors (Lipinski definition) is 3. The van der Waals surface area contributed by atoms with Gasteiger partial charge in [0.1, 0.15) is 0 Å². The van der Waals surface area contributed by atoms with Crippen molar-refractivity contribution in [2.24, 2.45) is 5.92 Å². The molecule has 0 amide bonds. The quantitative estimate of drug-likeness (QED) is 0.132. The molecule has 0 bridgehead atoms. The van der Waals surface area contributed by atoms with Crippen LogP contribution < -0.4 is 15.9 Å². The van der Waals surface area contributed by atoms with E-state index in [-0.39, 0.29) is 29.9 Å². The fourth-order valence-electron chi connectivity index (χ4n) is 8.53. The summed E-state index contributed by atoms with van der Waals surface area (Å²) in [6.45, 7) is 0.207. The maximum atomic E-state index is 14.1. The predicted molar refractivity (Wildman–Crippen MR) is 220 cm³/mol. The van der Waals surface area contributed by atoms with Crippen LogP contribution in [0.3, 0.4) is 0 Å². The van der Waals surface area contributed by atoms with Gasteiger partial charge in [0, 0.05) is 5.02 Å². The van der Waals surface area contributed by atoms with Gasteiger partial charge in [-0.2, -0.15) is 0 Å². The summed E-state index contributed by atoms with van der Waals surface area (Å²) in [6.07, 6.45) is 4.41. The van der Waals surface area contributed by atoms with Gasteiger partial charge in [0.05, 0.1) is 0 Å². The topological polar surface area (TPSA) is 43.4 Å². The molecular weight excluding hydrogens is 691 g/mol. The van der Waals surface area contributed by atoms with E-state index in [0.29, 0.717) is 22.6 Å². The van der Waals surface area contributed by atoms with Gasteiger partial charge in [0.15, 0.2) is 0 Å². The van der Waals surface area contributed by atoms with E-state index in [2.05, 4.69) is 127 Å². The molecular formula is C48H42ClO3P. The summed E-state index contributed by atoms with van der Waals surface area (Å²) in [4.78, 5) is 28.1. The van der Waals surface area contributed by atoms with Crippen molar-refractivity contribution >= 4 is 46.3 Å². The van der Waals surface area contributed by atoms with E-state index in [1.165, 1.54) is 27.0 Å². The van der Waals surface area contributed by atoms with Crippen LogP contribution in [0, 0.1) is 5.92 Å². The molecule has 6 aromatic carbocycles. The van der Waals surface area contributed by atoms with Crippen molar-refractivity contribution in [1.29, 1.82) is 0 Å². The van der Waals surface area contributed by atoms with E-state index in [9.17, 15) is 9.59 Å². The minimum atomic E-state index is -2.46. The van der Waals surface area contributed by atoms with Crippen molar-refractivity contribution in [1.82, 2.24) is 0 Å². The Morgan fingerprint density at radius 1 is 0.509 bits per heavy atom. The number of hydrogen-bond donors (Lipinski definition) is 0. The Hall–Kier alpha value is -5.08. The third-order valence-corrected chi connectivity index (χ3v) is 16.4. The number of fused-ring (bicyclic) bond motifs is 1. The van der Waals surface area contributed by atoms with Crippen LogP contribution in [0.2, 0.25) is 5.02 Å². The molecule has 1 fully saturated rings. The zero-order chi connectivity index (χ0) is 36.2. The first kappa shape index (κ1) is 35.0. The fourth-order valence-corrected chi connectivity index (χ4v) is 13.4. The van der Waals surface area contributed by atoms with Gasteiger partial charge in [-0.25, -0.2) is 0 Å². The molecule has 5 heteroatoms. The summed E-state index contributed by atoms with van der Waals surface area (Å²) >= 11 is 6.15. The molecule has 0 N–H and O–H groups in total. The van der Waals surface area contributed by atoms with Gasteiger partial charge >= 0.3 is 260 Å². The first-order valence-electron chi connectivity index (χ1n) is 18.6. The summed E-state index contributed by atoms with van der Waals surface area (Å²) in [5.74, 6) is 0.311. The number of halogens is 1. The Balaban J connectivity index is 1.07. The van der Waals surface area contributed by atoms with Gasteiger partial charge in [-0.15, -0.1) is 0 Å². The van der Waals surface area contributed by atoms with Crippen molar-refractivity contribution in [2.45, 2.75) is 44.4 Å². The van der Waals surface area contributed by atoms with E-state index in [1.54, 1.807) is 12.1 Å². The van der Waals surface area contributed by atoms with Crippen LogP contribution in [0.15, 0.2) is 175 Å². The Morgan fingerprint density at radius 2 is 0.962 bits per heavy atom. The SMILES string of the molecule is O=C1C(OCc2ccc(C[PH](c3ccccc3)(c3ccccc3)c3ccccc3)cc2)=C(C2CCC(c3ccc(Cl)cc3)CC2)C(=O)c2ccccc21. The van der Waals surface area contributed by atoms with Crippen molar-refractivity contribution in [2.75, 3.05) is 0 Å². The first-order chi connectivity index (χ1) is 26.0. The van der Waals surface area contributed by atoms with E-state index in [4.69, 9.17) is 16.3 Å². The van der Waals surface area contributed by atoms with Crippen molar-refractivity contribution in [3.8, 4) is 0 Å². The average Bonchev–Trinajstić information content (AvgIpc) is 3.22. The monoisotopic (exact) mass is 732 g/mol. The van der Waals surface area contributed by atoms with Gasteiger partial charge in [-0.05, 0) is 23.6 Å². The number of ketones is 2. The summed E-state index contributed by atoms with van der Waals surface area (Å²) < 4.78 is 6.45. The number of rotatable bonds is 10. The number of ether oxygens (including phenoxy) is 1. The molecule has 1 saturated carbocycles. The molecule has 2 aliphatic rings. The van der Waals surface area contributed by atoms with Crippen LogP contribution in [-0.4, -0.2) is 11.6 Å². The van der Waals surface area contributed by atoms with Crippen molar-refractivity contribution in [3.63, 3.8) is 0 Å². The van der Waals surface area contributed by atoms with Gasteiger partial charge in [-0.3, -0.25) is 0 Å². The van der Waals surface area contributed by atoms with E-state index in [0.717, 1.165) is 42.4 Å². The third-order valence-electron chi connectivity index (χ3n) is 11.3. The standard InChI is InChI=1S/C48H42ClO3P/c49-39-30-28-37(29-31-39)36-24-26-38(27-25-36)45-46(50)43-18-10-11-19-44(43)47(51)48(45)52-32-34-20-22-35(23-21-34)33-53(40-12-4-1-5-13-40,41-14-6-2-7-15-41)42-16-8-3-9-17-42/h1-23,28-31,36,38,53H,24-27,32-33H2. The van der Waals surface area contributed by atoms with Gasteiger partial charge in [-0.1, -0.05) is 29.8 Å². The number of benzene rings is 6. The molecule has 0 unspecified atom stereocenters. The molecule has 0 spiro atoms. The zero-order valence-electron chi connectivity index (χ0n) is 29.6. The van der Waals surface area contributed by atoms with Gasteiger partial charge in [0.2, 0.25) is 0 Å². The summed E-state index contributed by atoms with van der Waals surface area (Å²) in [6, 6.07) is 56.7. The fraction of sp³-hybridized carbons (Fsp3) is 0.167. The molecule has 0 aromatic heterocycles. The van der Waals surface area contributed by atoms with Crippen LogP contribution in [0.25, 0.3) is 0 Å². The Labute approximate surface area is 317 Å². The van der Waals surface area contributed by atoms with Gasteiger partial charge in [0.25, 0.3) is 0 Å². The average molecular weight is 733 g/mol. The molecule has 53 heavy (non-hydrogen) atoms. The second kappa shape index (κ2) is 15.5. The van der Waals surface area contributed by atoms with E-state index in [1.807, 2.05) is 24.3 Å². The Bertz CT molecular complexity index is 2140. The summed E-state index contributed by atoms with van der Waals surface area (Å²) in [5.41, 5.74) is 4.92. The molecule has 6 aromatic rings. The summed E-state index contributed by atoms with van der Waals surface area (Å²) in [5, 5.41) is 4.84. The maximum absolute atomic E-state index is 14.1. The van der Waals surface area contributed by atoms with Crippen LogP contribution in [-0.2, 0) is 17.5 Å². The summed E-state index contributed by atoms with van der Waals surface area (Å²) in [7, 11) is -2.46. The molecule has 0 radical (unpaired) electrons. The van der Waals surface area contributed by atoms with Crippen LogP contribution in [0.5, 0.6) is 0 Å². The molecule has 0 saturated heterocycles. The molecule has 0 atom stereocenters. The first-order valence-corrected chi connectivity index (χ1v) is 21.1. The Kier molecular flexibility index (Phi) is 10.2. The van der Waals surface area contributed by atoms with Crippen LogP contribution in [0.1, 0.15) is 69.0 Å².